The lowest BCUT2D eigenvalue weighted by Crippen LogP contribution is -2.51. The van der Waals surface area contributed by atoms with Crippen molar-refractivity contribution >= 4 is 46.6 Å². The highest BCUT2D eigenvalue weighted by atomic mass is 35.5. The first-order chi connectivity index (χ1) is 14.4. The van der Waals surface area contributed by atoms with Gasteiger partial charge in [-0.1, -0.05) is 17.7 Å². The van der Waals surface area contributed by atoms with E-state index in [0.717, 1.165) is 10.6 Å². The van der Waals surface area contributed by atoms with Crippen molar-refractivity contribution in [3.63, 3.8) is 0 Å². The van der Waals surface area contributed by atoms with Crippen LogP contribution in [-0.4, -0.2) is 60.1 Å². The summed E-state index contributed by atoms with van der Waals surface area (Å²) in [6.45, 7) is 2.53. The third-order valence-corrected chi connectivity index (χ3v) is 5.91. The van der Waals surface area contributed by atoms with Crippen molar-refractivity contribution in [2.45, 2.75) is 4.90 Å². The summed E-state index contributed by atoms with van der Waals surface area (Å²) < 4.78 is 0. The van der Waals surface area contributed by atoms with Gasteiger partial charge in [-0.3, -0.25) is 19.7 Å². The minimum Gasteiger partial charge on any atom is -0.368 e. The first-order valence-electron chi connectivity index (χ1n) is 9.34. The second-order valence-corrected chi connectivity index (χ2v) is 8.15. The van der Waals surface area contributed by atoms with Crippen molar-refractivity contribution in [3.05, 3.63) is 63.7 Å². The number of rotatable bonds is 7. The Labute approximate surface area is 183 Å². The number of halogens is 1. The normalized spacial score (nSPS) is 13.8. The Bertz CT molecular complexity index is 917. The van der Waals surface area contributed by atoms with Crippen molar-refractivity contribution in [1.82, 2.24) is 10.2 Å². The molecule has 158 valence electrons. The average Bonchev–Trinajstić information content (AvgIpc) is 2.76. The maximum absolute atomic E-state index is 12.4. The van der Waals surface area contributed by atoms with Crippen LogP contribution < -0.4 is 10.2 Å². The number of nitro benzene ring substituents is 1. The van der Waals surface area contributed by atoms with Gasteiger partial charge in [0.25, 0.3) is 5.69 Å². The van der Waals surface area contributed by atoms with Crippen LogP contribution in [0, 0.1) is 10.1 Å². The number of hydrogen-bond acceptors (Lipinski definition) is 6. The third-order valence-electron chi connectivity index (χ3n) is 4.66. The Balaban J connectivity index is 1.38. The molecule has 10 heteroatoms. The highest BCUT2D eigenvalue weighted by Gasteiger charge is 2.21. The molecule has 0 bridgehead atoms. The third kappa shape index (κ3) is 6.11. The van der Waals surface area contributed by atoms with Crippen LogP contribution >= 0.6 is 23.4 Å². The van der Waals surface area contributed by atoms with E-state index in [1.165, 1.54) is 23.9 Å². The van der Waals surface area contributed by atoms with Gasteiger partial charge in [0.05, 0.1) is 17.2 Å². The Hall–Kier alpha value is -2.78. The van der Waals surface area contributed by atoms with Gasteiger partial charge in [0, 0.05) is 53.9 Å². The minimum atomic E-state index is -0.471. The number of amides is 2. The molecule has 0 aromatic heterocycles. The van der Waals surface area contributed by atoms with Crippen LogP contribution in [0.4, 0.5) is 11.4 Å². The standard InChI is InChI=1S/C20H21ClN4O4S/c21-15-2-1-3-17(12-15)23-8-10-24(11-9-23)20(27)13-22-19(26)14-30-18-6-4-16(5-7-18)25(28)29/h1-7,12H,8-11,13-14H2,(H,22,26). The van der Waals surface area contributed by atoms with Crippen molar-refractivity contribution < 1.29 is 14.5 Å². The largest absolute Gasteiger partial charge is 0.368 e. The summed E-state index contributed by atoms with van der Waals surface area (Å²) in [5, 5.41) is 14.0. The first kappa shape index (κ1) is 21.9. The zero-order valence-electron chi connectivity index (χ0n) is 16.1. The maximum atomic E-state index is 12.4. The molecule has 1 aliphatic rings. The summed E-state index contributed by atoms with van der Waals surface area (Å²) >= 11 is 7.30. The van der Waals surface area contributed by atoms with Gasteiger partial charge in [-0.15, -0.1) is 11.8 Å². The van der Waals surface area contributed by atoms with E-state index < -0.39 is 4.92 Å². The zero-order chi connectivity index (χ0) is 21.5. The number of benzene rings is 2. The number of anilines is 1. The summed E-state index contributed by atoms with van der Waals surface area (Å²) in [5.74, 6) is -0.244. The molecule has 0 spiro atoms. The molecule has 1 heterocycles. The van der Waals surface area contributed by atoms with E-state index in [-0.39, 0.29) is 29.8 Å². The molecule has 30 heavy (non-hydrogen) atoms. The molecule has 8 nitrogen and oxygen atoms in total. The fraction of sp³-hybridized carbons (Fsp3) is 0.300. The van der Waals surface area contributed by atoms with Crippen LogP contribution in [0.15, 0.2) is 53.4 Å². The molecule has 0 saturated carbocycles. The predicted molar refractivity (Wildman–Crippen MR) is 117 cm³/mol. The van der Waals surface area contributed by atoms with Crippen molar-refractivity contribution in [2.24, 2.45) is 0 Å². The van der Waals surface area contributed by atoms with Crippen molar-refractivity contribution in [2.75, 3.05) is 43.4 Å². The smallest absolute Gasteiger partial charge is 0.269 e. The Morgan fingerprint density at radius 3 is 2.43 bits per heavy atom. The van der Waals surface area contributed by atoms with E-state index in [1.54, 1.807) is 17.0 Å². The lowest BCUT2D eigenvalue weighted by molar-refractivity contribution is -0.384. The van der Waals surface area contributed by atoms with E-state index in [4.69, 9.17) is 11.6 Å². The quantitative estimate of drug-likeness (QED) is 0.397. The number of piperazine rings is 1. The van der Waals surface area contributed by atoms with Gasteiger partial charge < -0.3 is 15.1 Å². The number of non-ortho nitro benzene ring substituents is 1. The van der Waals surface area contributed by atoms with Crippen molar-refractivity contribution in [1.29, 1.82) is 0 Å². The number of nitrogens with one attached hydrogen (secondary N) is 1. The summed E-state index contributed by atoms with van der Waals surface area (Å²) in [7, 11) is 0. The highest BCUT2D eigenvalue weighted by Crippen LogP contribution is 2.22. The number of nitrogens with zero attached hydrogens (tertiary/aromatic N) is 3. The molecule has 1 fully saturated rings. The van der Waals surface area contributed by atoms with Gasteiger partial charge in [-0.05, 0) is 30.3 Å². The SMILES string of the molecule is O=C(CSc1ccc([N+](=O)[O-])cc1)NCC(=O)N1CCN(c2cccc(Cl)c2)CC1. The zero-order valence-corrected chi connectivity index (χ0v) is 17.7. The number of thioether (sulfide) groups is 1. The van der Waals surface area contributed by atoms with Gasteiger partial charge in [-0.2, -0.15) is 0 Å². The second kappa shape index (κ2) is 10.3. The molecule has 0 aliphatic carbocycles. The molecular weight excluding hydrogens is 428 g/mol. The highest BCUT2D eigenvalue weighted by molar-refractivity contribution is 8.00. The van der Waals surface area contributed by atoms with E-state index in [1.807, 2.05) is 24.3 Å². The molecule has 0 radical (unpaired) electrons. The van der Waals surface area contributed by atoms with Crippen LogP contribution in [0.25, 0.3) is 0 Å². The Morgan fingerprint density at radius 2 is 1.80 bits per heavy atom. The molecule has 0 unspecified atom stereocenters. The molecule has 2 aromatic rings. The minimum absolute atomic E-state index is 0.00450. The van der Waals surface area contributed by atoms with Gasteiger partial charge in [0.15, 0.2) is 0 Å². The van der Waals surface area contributed by atoms with E-state index >= 15 is 0 Å². The maximum Gasteiger partial charge on any atom is 0.269 e. The summed E-state index contributed by atoms with van der Waals surface area (Å²) in [4.78, 5) is 39.2. The predicted octanol–water partition coefficient (Wildman–Crippen LogP) is 2.81. The van der Waals surface area contributed by atoms with Crippen LogP contribution in [0.3, 0.4) is 0 Å². The number of hydrogen-bond donors (Lipinski definition) is 1. The van der Waals surface area contributed by atoms with Gasteiger partial charge in [0.1, 0.15) is 0 Å². The van der Waals surface area contributed by atoms with Gasteiger partial charge in [-0.25, -0.2) is 0 Å². The Kier molecular flexibility index (Phi) is 7.53. The molecule has 2 amide bonds. The van der Waals surface area contributed by atoms with Crippen LogP contribution in [0.1, 0.15) is 0 Å². The van der Waals surface area contributed by atoms with Crippen LogP contribution in [0.5, 0.6) is 0 Å². The van der Waals surface area contributed by atoms with Crippen LogP contribution in [0.2, 0.25) is 5.02 Å². The van der Waals surface area contributed by atoms with Gasteiger partial charge in [0.2, 0.25) is 11.8 Å². The summed E-state index contributed by atoms with van der Waals surface area (Å²) in [6.07, 6.45) is 0. The first-order valence-corrected chi connectivity index (χ1v) is 10.7. The number of carbonyl (C=O) groups excluding carboxylic acids is 2. The van der Waals surface area contributed by atoms with Crippen LogP contribution in [-0.2, 0) is 9.59 Å². The lowest BCUT2D eigenvalue weighted by Gasteiger charge is -2.36. The van der Waals surface area contributed by atoms with E-state index in [9.17, 15) is 19.7 Å². The van der Waals surface area contributed by atoms with Gasteiger partial charge >= 0.3 is 0 Å². The molecule has 2 aromatic carbocycles. The number of nitro groups is 1. The molecule has 1 saturated heterocycles. The molecule has 1 N–H and O–H groups in total. The molecule has 1 aliphatic heterocycles. The fourth-order valence-corrected chi connectivity index (χ4v) is 3.95. The second-order valence-electron chi connectivity index (χ2n) is 6.66. The topological polar surface area (TPSA) is 95.8 Å². The molecular formula is C20H21ClN4O4S. The fourth-order valence-electron chi connectivity index (χ4n) is 3.04. The van der Waals surface area contributed by atoms with E-state index in [2.05, 4.69) is 10.2 Å². The molecule has 0 atom stereocenters. The molecule has 3 rings (SSSR count). The van der Waals surface area contributed by atoms with Crippen molar-refractivity contribution in [3.8, 4) is 0 Å². The monoisotopic (exact) mass is 448 g/mol. The summed E-state index contributed by atoms with van der Waals surface area (Å²) in [5.41, 5.74) is 1.04. The number of carbonyl (C=O) groups is 2. The van der Waals surface area contributed by atoms with E-state index in [0.29, 0.717) is 31.2 Å². The lowest BCUT2D eigenvalue weighted by atomic mass is 10.2. The summed E-state index contributed by atoms with van der Waals surface area (Å²) in [6, 6.07) is 13.6. The Morgan fingerprint density at radius 1 is 1.10 bits per heavy atom. The average molecular weight is 449 g/mol.